The van der Waals surface area contributed by atoms with Crippen molar-refractivity contribution in [1.82, 2.24) is 0 Å². The molecule has 17 heavy (non-hydrogen) atoms. The molecule has 1 rings (SSSR count). The standard InChI is InChI=1S/C8H11N5O3S/c9-7(10)13-8(11)12-5-2-1-3-6(4-5)17(14,15)16/h1-4H,(H,14,15,16)(H6,9,10,11,12,13). The molecule has 8 nitrogen and oxygen atoms in total. The summed E-state index contributed by atoms with van der Waals surface area (Å²) in [5, 5.41) is 0. The van der Waals surface area contributed by atoms with Crippen LogP contribution >= 0.6 is 0 Å². The highest BCUT2D eigenvalue weighted by Crippen LogP contribution is 2.17. The van der Waals surface area contributed by atoms with E-state index in [1.54, 1.807) is 0 Å². The quantitative estimate of drug-likeness (QED) is 0.307. The SMILES string of the molecule is NC(N)=NC(N)=Nc1cccc(S(=O)(=O)O)c1. The van der Waals surface area contributed by atoms with Gasteiger partial charge in [0.2, 0.25) is 5.96 Å². The lowest BCUT2D eigenvalue weighted by Gasteiger charge is -1.99. The van der Waals surface area contributed by atoms with Crippen LogP contribution in [0.3, 0.4) is 0 Å². The first kappa shape index (κ1) is 12.9. The maximum Gasteiger partial charge on any atom is 0.294 e. The van der Waals surface area contributed by atoms with E-state index in [4.69, 9.17) is 21.8 Å². The van der Waals surface area contributed by atoms with Crippen LogP contribution in [0.2, 0.25) is 0 Å². The van der Waals surface area contributed by atoms with Crippen LogP contribution in [-0.4, -0.2) is 24.9 Å². The summed E-state index contributed by atoms with van der Waals surface area (Å²) in [4.78, 5) is 6.90. The molecule has 0 heterocycles. The lowest BCUT2D eigenvalue weighted by atomic mass is 10.3. The summed E-state index contributed by atoms with van der Waals surface area (Å²) in [5.41, 5.74) is 15.7. The molecule has 0 aliphatic heterocycles. The van der Waals surface area contributed by atoms with Crippen LogP contribution in [0, 0.1) is 0 Å². The predicted molar refractivity (Wildman–Crippen MR) is 63.3 cm³/mol. The number of nitrogens with zero attached hydrogens (tertiary/aromatic N) is 2. The monoisotopic (exact) mass is 257 g/mol. The Labute approximate surface area is 97.6 Å². The van der Waals surface area contributed by atoms with Gasteiger partial charge in [0, 0.05) is 0 Å². The van der Waals surface area contributed by atoms with Crippen molar-refractivity contribution >= 4 is 27.7 Å². The lowest BCUT2D eigenvalue weighted by Crippen LogP contribution is -2.26. The molecule has 1 aromatic carbocycles. The Bertz CT molecular complexity index is 575. The topological polar surface area (TPSA) is 157 Å². The third kappa shape index (κ3) is 4.09. The van der Waals surface area contributed by atoms with E-state index in [1.165, 1.54) is 18.2 Å². The van der Waals surface area contributed by atoms with E-state index in [2.05, 4.69) is 9.98 Å². The van der Waals surface area contributed by atoms with Crippen LogP contribution in [0.4, 0.5) is 5.69 Å². The smallest absolute Gasteiger partial charge is 0.294 e. The molecule has 1 aromatic rings. The fourth-order valence-corrected chi connectivity index (χ4v) is 1.52. The summed E-state index contributed by atoms with van der Waals surface area (Å²) >= 11 is 0. The van der Waals surface area contributed by atoms with Gasteiger partial charge in [-0.2, -0.15) is 13.4 Å². The summed E-state index contributed by atoms with van der Waals surface area (Å²) in [5.74, 6) is -0.491. The van der Waals surface area contributed by atoms with Gasteiger partial charge in [-0.1, -0.05) is 6.07 Å². The molecule has 0 spiro atoms. The Hall–Kier alpha value is -2.13. The van der Waals surface area contributed by atoms with Crippen molar-refractivity contribution in [3.05, 3.63) is 24.3 Å². The van der Waals surface area contributed by atoms with Crippen LogP contribution < -0.4 is 17.2 Å². The Morgan fingerprint density at radius 1 is 1.24 bits per heavy atom. The highest BCUT2D eigenvalue weighted by Gasteiger charge is 2.09. The fraction of sp³-hybridized carbons (Fsp3) is 0. The van der Waals surface area contributed by atoms with E-state index < -0.39 is 10.1 Å². The number of rotatable bonds is 2. The van der Waals surface area contributed by atoms with Crippen LogP contribution in [0.25, 0.3) is 0 Å². The van der Waals surface area contributed by atoms with E-state index in [-0.39, 0.29) is 22.5 Å². The molecular weight excluding hydrogens is 246 g/mol. The Morgan fingerprint density at radius 3 is 2.41 bits per heavy atom. The van der Waals surface area contributed by atoms with Crippen LogP contribution in [0.1, 0.15) is 0 Å². The zero-order valence-electron chi connectivity index (χ0n) is 8.61. The molecule has 0 saturated heterocycles. The van der Waals surface area contributed by atoms with Crippen molar-refractivity contribution in [1.29, 1.82) is 0 Å². The molecule has 0 fully saturated rings. The minimum absolute atomic E-state index is 0.197. The van der Waals surface area contributed by atoms with Gasteiger partial charge in [-0.15, -0.1) is 0 Å². The molecule has 7 N–H and O–H groups in total. The first-order chi connectivity index (χ1) is 7.79. The average molecular weight is 257 g/mol. The average Bonchev–Trinajstić information content (AvgIpc) is 2.15. The number of guanidine groups is 2. The van der Waals surface area contributed by atoms with E-state index >= 15 is 0 Å². The largest absolute Gasteiger partial charge is 0.370 e. The fourth-order valence-electron chi connectivity index (χ4n) is 1.00. The van der Waals surface area contributed by atoms with Crippen LogP contribution in [0.15, 0.2) is 39.1 Å². The lowest BCUT2D eigenvalue weighted by molar-refractivity contribution is 0.483. The third-order valence-corrected chi connectivity index (χ3v) is 2.45. The molecule has 0 aliphatic carbocycles. The Morgan fingerprint density at radius 2 is 1.88 bits per heavy atom. The Kier molecular flexibility index (Phi) is 3.66. The first-order valence-electron chi connectivity index (χ1n) is 4.30. The third-order valence-electron chi connectivity index (χ3n) is 1.60. The second-order valence-electron chi connectivity index (χ2n) is 2.98. The first-order valence-corrected chi connectivity index (χ1v) is 5.74. The number of hydrogen-bond donors (Lipinski definition) is 4. The summed E-state index contributed by atoms with van der Waals surface area (Å²) in [6, 6.07) is 5.21. The molecule has 92 valence electrons. The van der Waals surface area contributed by atoms with Gasteiger partial charge in [-0.25, -0.2) is 4.99 Å². The predicted octanol–water partition coefficient (Wildman–Crippen LogP) is -0.847. The summed E-state index contributed by atoms with van der Waals surface area (Å²) < 4.78 is 30.5. The second-order valence-corrected chi connectivity index (χ2v) is 4.40. The van der Waals surface area contributed by atoms with Gasteiger partial charge in [0.05, 0.1) is 10.6 Å². The molecule has 0 amide bonds. The van der Waals surface area contributed by atoms with Crippen molar-refractivity contribution in [2.24, 2.45) is 27.2 Å². The van der Waals surface area contributed by atoms with Gasteiger partial charge < -0.3 is 17.2 Å². The van der Waals surface area contributed by atoms with Crippen molar-refractivity contribution in [2.45, 2.75) is 4.90 Å². The number of aliphatic imine (C=N–C) groups is 2. The van der Waals surface area contributed by atoms with Gasteiger partial charge in [0.1, 0.15) is 0 Å². The molecule has 0 aliphatic rings. The van der Waals surface area contributed by atoms with Gasteiger partial charge in [-0.05, 0) is 18.2 Å². The van der Waals surface area contributed by atoms with Crippen molar-refractivity contribution in [3.8, 4) is 0 Å². The maximum atomic E-state index is 10.9. The van der Waals surface area contributed by atoms with E-state index in [0.29, 0.717) is 0 Å². The molecular formula is C8H11N5O3S. The van der Waals surface area contributed by atoms with Gasteiger partial charge >= 0.3 is 0 Å². The summed E-state index contributed by atoms with van der Waals surface area (Å²) in [6.07, 6.45) is 0. The number of nitrogens with two attached hydrogens (primary N) is 3. The molecule has 0 bridgehead atoms. The summed E-state index contributed by atoms with van der Waals surface area (Å²) in [6.45, 7) is 0. The molecule has 0 radical (unpaired) electrons. The molecule has 0 atom stereocenters. The van der Waals surface area contributed by atoms with Crippen molar-refractivity contribution in [3.63, 3.8) is 0 Å². The normalized spacial score (nSPS) is 12.2. The minimum atomic E-state index is -4.28. The van der Waals surface area contributed by atoms with Gasteiger partial charge in [0.15, 0.2) is 5.96 Å². The molecule has 0 saturated carbocycles. The van der Waals surface area contributed by atoms with E-state index in [9.17, 15) is 8.42 Å². The summed E-state index contributed by atoms with van der Waals surface area (Å²) in [7, 11) is -4.28. The minimum Gasteiger partial charge on any atom is -0.370 e. The van der Waals surface area contributed by atoms with Crippen LogP contribution in [-0.2, 0) is 10.1 Å². The second kappa shape index (κ2) is 4.80. The van der Waals surface area contributed by atoms with Gasteiger partial charge in [-0.3, -0.25) is 4.55 Å². The Balaban J connectivity index is 3.14. The van der Waals surface area contributed by atoms with E-state index in [0.717, 1.165) is 6.07 Å². The molecule has 0 aromatic heterocycles. The van der Waals surface area contributed by atoms with Gasteiger partial charge in [0.25, 0.3) is 10.1 Å². The zero-order chi connectivity index (χ0) is 13.1. The number of benzene rings is 1. The molecule has 0 unspecified atom stereocenters. The zero-order valence-corrected chi connectivity index (χ0v) is 9.42. The van der Waals surface area contributed by atoms with Crippen LogP contribution in [0.5, 0.6) is 0 Å². The van der Waals surface area contributed by atoms with E-state index in [1.807, 2.05) is 0 Å². The number of hydrogen-bond acceptors (Lipinski definition) is 3. The highest BCUT2D eigenvalue weighted by molar-refractivity contribution is 7.85. The van der Waals surface area contributed by atoms with Crippen molar-refractivity contribution < 1.29 is 13.0 Å². The maximum absolute atomic E-state index is 10.9. The highest BCUT2D eigenvalue weighted by atomic mass is 32.2. The molecule has 9 heteroatoms. The van der Waals surface area contributed by atoms with Crippen molar-refractivity contribution in [2.75, 3.05) is 0 Å².